The van der Waals surface area contributed by atoms with Crippen molar-refractivity contribution in [3.8, 4) is 0 Å². The van der Waals surface area contributed by atoms with Gasteiger partial charge in [-0.3, -0.25) is 0 Å². The molecule has 74 valence electrons. The molecule has 1 aliphatic heterocycles. The van der Waals surface area contributed by atoms with Gasteiger partial charge in [-0.1, -0.05) is 0 Å². The maximum absolute atomic E-state index is 11.2. The summed E-state index contributed by atoms with van der Waals surface area (Å²) in [7, 11) is 0. The Morgan fingerprint density at radius 1 is 1.62 bits per heavy atom. The third-order valence-corrected chi connectivity index (χ3v) is 2.01. The van der Waals surface area contributed by atoms with Crippen molar-refractivity contribution < 1.29 is 14.6 Å². The molecule has 0 unspecified atom stereocenters. The zero-order valence-electron chi connectivity index (χ0n) is 8.07. The van der Waals surface area contributed by atoms with Crippen molar-refractivity contribution in [3.63, 3.8) is 0 Å². The summed E-state index contributed by atoms with van der Waals surface area (Å²) in [6, 6.07) is 0. The first-order valence-electron chi connectivity index (χ1n) is 4.14. The largest absolute Gasteiger partial charge is 0.436 e. The van der Waals surface area contributed by atoms with Crippen LogP contribution >= 0.6 is 0 Å². The molecule has 0 aromatic carbocycles. The van der Waals surface area contributed by atoms with Crippen molar-refractivity contribution in [1.82, 2.24) is 5.01 Å². The van der Waals surface area contributed by atoms with Gasteiger partial charge in [-0.25, -0.2) is 4.79 Å². The van der Waals surface area contributed by atoms with Crippen LogP contribution in [0.4, 0.5) is 4.79 Å². The second-order valence-electron chi connectivity index (χ2n) is 3.41. The van der Waals surface area contributed by atoms with Crippen LogP contribution in [0.1, 0.15) is 20.8 Å². The van der Waals surface area contributed by atoms with Crippen molar-refractivity contribution >= 4 is 11.8 Å². The Morgan fingerprint density at radius 3 is 2.77 bits per heavy atom. The molecule has 1 heterocycles. The predicted molar refractivity (Wildman–Crippen MR) is 47.5 cm³/mol. The van der Waals surface area contributed by atoms with Gasteiger partial charge in [-0.2, -0.15) is 10.1 Å². The fraction of sp³-hybridized carbons (Fsp3) is 0.750. The Labute approximate surface area is 77.0 Å². The Hall–Kier alpha value is -1.10. The lowest BCUT2D eigenvalue weighted by molar-refractivity contribution is 0.0328. The summed E-state index contributed by atoms with van der Waals surface area (Å²) in [6.07, 6.45) is -0.510. The van der Waals surface area contributed by atoms with Gasteiger partial charge in [-0.15, -0.1) is 0 Å². The monoisotopic (exact) mass is 186 g/mol. The SMILES string of the molecule is CC1=NN(CCO)C(=O)OC1(C)C. The van der Waals surface area contributed by atoms with Crippen molar-refractivity contribution in [2.45, 2.75) is 26.4 Å². The first-order chi connectivity index (χ1) is 5.97. The molecule has 5 nitrogen and oxygen atoms in total. The highest BCUT2D eigenvalue weighted by Gasteiger charge is 2.34. The summed E-state index contributed by atoms with van der Waals surface area (Å²) in [5.41, 5.74) is 0.0869. The number of ether oxygens (including phenoxy) is 1. The van der Waals surface area contributed by atoms with E-state index >= 15 is 0 Å². The average Bonchev–Trinajstić information content (AvgIpc) is 2.00. The standard InChI is InChI=1S/C8H14N2O3/c1-6-8(2,3)13-7(12)10(9-6)4-5-11/h11H,4-5H2,1-3H3. The smallest absolute Gasteiger partial charge is 0.431 e. The highest BCUT2D eigenvalue weighted by molar-refractivity contribution is 5.94. The Bertz CT molecular complexity index is 248. The Balaban J connectivity index is 2.83. The quantitative estimate of drug-likeness (QED) is 0.686. The molecule has 0 atom stereocenters. The molecule has 13 heavy (non-hydrogen) atoms. The molecule has 1 aliphatic rings. The summed E-state index contributed by atoms with van der Waals surface area (Å²) >= 11 is 0. The number of hydrogen-bond acceptors (Lipinski definition) is 4. The van der Waals surface area contributed by atoms with Gasteiger partial charge in [0, 0.05) is 0 Å². The first-order valence-corrected chi connectivity index (χ1v) is 4.14. The maximum Gasteiger partial charge on any atom is 0.431 e. The topological polar surface area (TPSA) is 62.1 Å². The first kappa shape index (κ1) is 9.98. The number of carbonyl (C=O) groups is 1. The predicted octanol–water partition coefficient (Wildman–Crippen LogP) is 0.585. The number of cyclic esters (lactones) is 1. The van der Waals surface area contributed by atoms with E-state index in [4.69, 9.17) is 9.84 Å². The second-order valence-corrected chi connectivity index (χ2v) is 3.41. The summed E-state index contributed by atoms with van der Waals surface area (Å²) in [4.78, 5) is 11.2. The summed E-state index contributed by atoms with van der Waals surface area (Å²) in [5, 5.41) is 13.8. The van der Waals surface area contributed by atoms with E-state index < -0.39 is 11.7 Å². The normalized spacial score (nSPS) is 21.1. The minimum Gasteiger partial charge on any atom is -0.436 e. The Morgan fingerprint density at radius 2 is 2.23 bits per heavy atom. The molecule has 0 saturated carbocycles. The lowest BCUT2D eigenvalue weighted by atomic mass is 10.0. The molecule has 1 amide bonds. The number of aliphatic hydroxyl groups is 1. The van der Waals surface area contributed by atoms with Gasteiger partial charge in [0.1, 0.15) is 5.60 Å². The molecule has 0 saturated heterocycles. The second kappa shape index (κ2) is 3.33. The van der Waals surface area contributed by atoms with Gasteiger partial charge >= 0.3 is 6.09 Å². The van der Waals surface area contributed by atoms with E-state index in [-0.39, 0.29) is 13.2 Å². The van der Waals surface area contributed by atoms with Gasteiger partial charge in [0.2, 0.25) is 0 Å². The molecule has 0 fully saturated rings. The lowest BCUT2D eigenvalue weighted by Crippen LogP contribution is -2.46. The summed E-state index contributed by atoms with van der Waals surface area (Å²) in [5.74, 6) is 0. The van der Waals surface area contributed by atoms with Crippen LogP contribution in [0.25, 0.3) is 0 Å². The highest BCUT2D eigenvalue weighted by atomic mass is 16.6. The fourth-order valence-corrected chi connectivity index (χ4v) is 0.923. The van der Waals surface area contributed by atoms with Crippen LogP contribution in [-0.4, -0.2) is 40.7 Å². The van der Waals surface area contributed by atoms with Crippen LogP contribution in [0.5, 0.6) is 0 Å². The van der Waals surface area contributed by atoms with Crippen LogP contribution in [0, 0.1) is 0 Å². The molecule has 0 aliphatic carbocycles. The van der Waals surface area contributed by atoms with E-state index in [9.17, 15) is 4.79 Å². The van der Waals surface area contributed by atoms with E-state index in [1.807, 2.05) is 0 Å². The van der Waals surface area contributed by atoms with E-state index in [0.29, 0.717) is 0 Å². The zero-order chi connectivity index (χ0) is 10.1. The molecule has 0 aromatic heterocycles. The van der Waals surface area contributed by atoms with Crippen LogP contribution in [0.15, 0.2) is 5.10 Å². The molecule has 1 N–H and O–H groups in total. The number of hydrazone groups is 1. The van der Waals surface area contributed by atoms with Crippen molar-refractivity contribution in [2.75, 3.05) is 13.2 Å². The van der Waals surface area contributed by atoms with E-state index in [1.165, 1.54) is 0 Å². The number of aliphatic hydroxyl groups excluding tert-OH is 1. The van der Waals surface area contributed by atoms with E-state index in [2.05, 4.69) is 5.10 Å². The van der Waals surface area contributed by atoms with Crippen LogP contribution in [-0.2, 0) is 4.74 Å². The average molecular weight is 186 g/mol. The van der Waals surface area contributed by atoms with Crippen molar-refractivity contribution in [1.29, 1.82) is 0 Å². The zero-order valence-corrected chi connectivity index (χ0v) is 8.07. The van der Waals surface area contributed by atoms with Crippen LogP contribution < -0.4 is 0 Å². The number of nitrogens with zero attached hydrogens (tertiary/aromatic N) is 2. The third kappa shape index (κ3) is 1.98. The third-order valence-electron chi connectivity index (χ3n) is 2.01. The minimum atomic E-state index is -0.636. The van der Waals surface area contributed by atoms with Crippen LogP contribution in [0.2, 0.25) is 0 Å². The molecule has 0 bridgehead atoms. The number of hydrogen-bond donors (Lipinski definition) is 1. The fourth-order valence-electron chi connectivity index (χ4n) is 0.923. The van der Waals surface area contributed by atoms with Gasteiger partial charge in [0.25, 0.3) is 0 Å². The number of β-amino-alcohol motifs (C(OH)–C–C–N with tert-alkyl or cyclic N) is 1. The summed E-state index contributed by atoms with van der Waals surface area (Å²) in [6.45, 7) is 5.40. The van der Waals surface area contributed by atoms with Crippen molar-refractivity contribution in [3.05, 3.63) is 0 Å². The maximum atomic E-state index is 11.2. The molecular formula is C8H14N2O3. The highest BCUT2D eigenvalue weighted by Crippen LogP contribution is 2.19. The molecule has 0 spiro atoms. The van der Waals surface area contributed by atoms with Gasteiger partial charge in [-0.05, 0) is 20.8 Å². The number of carbonyl (C=O) groups excluding carboxylic acids is 1. The molecule has 0 aromatic rings. The molecule has 1 rings (SSSR count). The lowest BCUT2D eigenvalue weighted by Gasteiger charge is -2.33. The molecular weight excluding hydrogens is 172 g/mol. The molecule has 0 radical (unpaired) electrons. The van der Waals surface area contributed by atoms with Crippen LogP contribution in [0.3, 0.4) is 0 Å². The minimum absolute atomic E-state index is 0.119. The van der Waals surface area contributed by atoms with Gasteiger partial charge < -0.3 is 9.84 Å². The Kier molecular flexibility index (Phi) is 2.56. The van der Waals surface area contributed by atoms with E-state index in [1.54, 1.807) is 20.8 Å². The number of amides is 1. The van der Waals surface area contributed by atoms with E-state index in [0.717, 1.165) is 10.7 Å². The van der Waals surface area contributed by atoms with Crippen molar-refractivity contribution in [2.24, 2.45) is 5.10 Å². The summed E-state index contributed by atoms with van der Waals surface area (Å²) < 4.78 is 5.10. The van der Waals surface area contributed by atoms with Gasteiger partial charge in [0.15, 0.2) is 0 Å². The molecule has 5 heteroatoms. The number of rotatable bonds is 2. The van der Waals surface area contributed by atoms with Gasteiger partial charge in [0.05, 0.1) is 18.9 Å².